The van der Waals surface area contributed by atoms with Gasteiger partial charge in [-0.15, -0.1) is 0 Å². The van der Waals surface area contributed by atoms with E-state index in [9.17, 15) is 9.59 Å². The molecule has 2 N–H and O–H groups in total. The van der Waals surface area contributed by atoms with Crippen LogP contribution in [0.5, 0.6) is 5.75 Å². The zero-order chi connectivity index (χ0) is 25.5. The number of amides is 3. The Balaban J connectivity index is 1.33. The van der Waals surface area contributed by atoms with Crippen LogP contribution in [0.15, 0.2) is 53.1 Å². The van der Waals surface area contributed by atoms with E-state index in [0.717, 1.165) is 46.9 Å². The number of nitrogens with zero attached hydrogens (tertiary/aromatic N) is 2. The normalized spacial score (nSPS) is 15.4. The molecule has 1 aliphatic rings. The average molecular weight is 491 g/mol. The molecule has 1 unspecified atom stereocenters. The summed E-state index contributed by atoms with van der Waals surface area (Å²) in [5.74, 6) is 1.64. The predicted molar refractivity (Wildman–Crippen MR) is 139 cm³/mol. The average Bonchev–Trinajstić information content (AvgIpc) is 3.22. The van der Waals surface area contributed by atoms with Gasteiger partial charge in [0, 0.05) is 42.4 Å². The van der Waals surface area contributed by atoms with Crippen molar-refractivity contribution in [3.8, 4) is 5.75 Å². The summed E-state index contributed by atoms with van der Waals surface area (Å²) in [6.45, 7) is 8.16. The third-order valence-corrected chi connectivity index (χ3v) is 6.59. The summed E-state index contributed by atoms with van der Waals surface area (Å²) in [6, 6.07) is 15.0. The second-order valence-electron chi connectivity index (χ2n) is 9.11. The Morgan fingerprint density at radius 1 is 1.17 bits per heavy atom. The van der Waals surface area contributed by atoms with Crippen molar-refractivity contribution >= 4 is 17.6 Å². The van der Waals surface area contributed by atoms with Crippen LogP contribution in [0, 0.1) is 13.8 Å². The van der Waals surface area contributed by atoms with Gasteiger partial charge in [0.25, 0.3) is 5.91 Å². The molecule has 0 spiro atoms. The second kappa shape index (κ2) is 11.7. The number of benzene rings is 2. The monoisotopic (exact) mass is 490 g/mol. The van der Waals surface area contributed by atoms with Crippen molar-refractivity contribution in [2.24, 2.45) is 0 Å². The fraction of sp³-hybridized carbons (Fsp3) is 0.393. The molecule has 0 bridgehead atoms. The number of nitrogens with one attached hydrogen (secondary N) is 2. The quantitative estimate of drug-likeness (QED) is 0.459. The van der Waals surface area contributed by atoms with Gasteiger partial charge in [-0.1, -0.05) is 17.3 Å². The van der Waals surface area contributed by atoms with Crippen LogP contribution in [0.2, 0.25) is 0 Å². The van der Waals surface area contributed by atoms with Gasteiger partial charge < -0.3 is 24.8 Å². The van der Waals surface area contributed by atoms with Gasteiger partial charge in [-0.05, 0) is 82.0 Å². The van der Waals surface area contributed by atoms with Crippen LogP contribution in [-0.4, -0.2) is 48.2 Å². The maximum atomic E-state index is 12.9. The lowest BCUT2D eigenvalue weighted by Gasteiger charge is -2.33. The molecule has 1 atom stereocenters. The van der Waals surface area contributed by atoms with Crippen LogP contribution in [0.1, 0.15) is 58.6 Å². The minimum Gasteiger partial charge on any atom is -0.494 e. The number of urea groups is 1. The number of rotatable bonds is 8. The number of anilines is 1. The highest BCUT2D eigenvalue weighted by molar-refractivity contribution is 5.94. The van der Waals surface area contributed by atoms with Crippen LogP contribution < -0.4 is 15.4 Å². The molecule has 2 aromatic carbocycles. The molecule has 4 rings (SSSR count). The third-order valence-electron chi connectivity index (χ3n) is 6.59. The Kier molecular flexibility index (Phi) is 8.25. The van der Waals surface area contributed by atoms with Gasteiger partial charge >= 0.3 is 6.03 Å². The fourth-order valence-electron chi connectivity index (χ4n) is 4.63. The van der Waals surface area contributed by atoms with Gasteiger partial charge in [0.2, 0.25) is 0 Å². The number of aryl methyl sites for hydroxylation is 2. The minimum absolute atomic E-state index is 0.107. The molecule has 1 fully saturated rings. The van der Waals surface area contributed by atoms with Gasteiger partial charge in [0.1, 0.15) is 11.5 Å². The van der Waals surface area contributed by atoms with Crippen LogP contribution in [0.4, 0.5) is 10.5 Å². The highest BCUT2D eigenvalue weighted by atomic mass is 16.5. The van der Waals surface area contributed by atoms with E-state index in [0.29, 0.717) is 38.2 Å². The first-order valence-electron chi connectivity index (χ1n) is 12.5. The Morgan fingerprint density at radius 2 is 1.97 bits per heavy atom. The van der Waals surface area contributed by atoms with Crippen molar-refractivity contribution in [2.45, 2.75) is 46.0 Å². The van der Waals surface area contributed by atoms with Crippen molar-refractivity contribution in [1.29, 1.82) is 0 Å². The number of hydrogen-bond donors (Lipinski definition) is 2. The van der Waals surface area contributed by atoms with Gasteiger partial charge in [0.15, 0.2) is 0 Å². The summed E-state index contributed by atoms with van der Waals surface area (Å²) in [4.78, 5) is 27.5. The summed E-state index contributed by atoms with van der Waals surface area (Å²) in [5, 5.41) is 9.94. The predicted octanol–water partition coefficient (Wildman–Crippen LogP) is 5.07. The third kappa shape index (κ3) is 6.24. The van der Waals surface area contributed by atoms with Crippen molar-refractivity contribution < 1.29 is 18.8 Å². The fourth-order valence-corrected chi connectivity index (χ4v) is 4.63. The molecule has 8 nitrogen and oxygen atoms in total. The molecule has 1 saturated heterocycles. The number of ether oxygens (including phenoxy) is 1. The molecule has 2 heterocycles. The van der Waals surface area contributed by atoms with E-state index in [1.54, 1.807) is 0 Å². The lowest BCUT2D eigenvalue weighted by molar-refractivity contribution is 0.0953. The van der Waals surface area contributed by atoms with E-state index < -0.39 is 0 Å². The Hall–Kier alpha value is -3.81. The van der Waals surface area contributed by atoms with Crippen molar-refractivity contribution in [3.05, 3.63) is 76.7 Å². The molecule has 3 aromatic rings. The lowest BCUT2D eigenvalue weighted by Crippen LogP contribution is -2.41. The van der Waals surface area contributed by atoms with Crippen LogP contribution in [0.25, 0.3) is 0 Å². The summed E-state index contributed by atoms with van der Waals surface area (Å²) < 4.78 is 10.7. The first kappa shape index (κ1) is 25.3. The minimum atomic E-state index is -0.114. The van der Waals surface area contributed by atoms with Gasteiger partial charge in [-0.3, -0.25) is 4.79 Å². The maximum absolute atomic E-state index is 12.9. The van der Waals surface area contributed by atoms with Crippen LogP contribution in [0.3, 0.4) is 0 Å². The zero-order valence-electron chi connectivity index (χ0n) is 21.2. The highest BCUT2D eigenvalue weighted by Gasteiger charge is 2.25. The first-order chi connectivity index (χ1) is 17.4. The Bertz CT molecular complexity index is 1170. The molecule has 3 amide bonds. The summed E-state index contributed by atoms with van der Waals surface area (Å²) in [7, 11) is 0. The number of likely N-dealkylation sites (tertiary alicyclic amines) is 1. The smallest absolute Gasteiger partial charge is 0.321 e. The molecule has 0 radical (unpaired) electrons. The topological polar surface area (TPSA) is 96.7 Å². The highest BCUT2D eigenvalue weighted by Crippen LogP contribution is 2.28. The molecule has 1 aliphatic heterocycles. The zero-order valence-corrected chi connectivity index (χ0v) is 21.2. The largest absolute Gasteiger partial charge is 0.494 e. The number of aromatic nitrogens is 1. The van der Waals surface area contributed by atoms with E-state index in [1.807, 2.05) is 74.2 Å². The van der Waals surface area contributed by atoms with Gasteiger partial charge in [-0.2, -0.15) is 0 Å². The summed E-state index contributed by atoms with van der Waals surface area (Å²) in [5.41, 5.74) is 4.34. The van der Waals surface area contributed by atoms with Crippen LogP contribution in [-0.2, 0) is 6.42 Å². The van der Waals surface area contributed by atoms with Gasteiger partial charge in [0.05, 0.1) is 12.3 Å². The molecular weight excluding hydrogens is 456 g/mol. The first-order valence-corrected chi connectivity index (χ1v) is 12.5. The Labute approximate surface area is 212 Å². The van der Waals surface area contributed by atoms with E-state index in [1.165, 1.54) is 0 Å². The molecule has 1 aromatic heterocycles. The van der Waals surface area contributed by atoms with E-state index in [4.69, 9.17) is 9.26 Å². The standard InChI is InChI=1S/C28H34N4O4/c1-4-35-25-12-10-24(11-13-25)30-28(34)32-16-6-9-23(18-32)21-7-5-8-22(17-21)27(33)29-15-14-26-19(2)31-36-20(26)3/h5,7-8,10-13,17,23H,4,6,9,14-16,18H2,1-3H3,(H,29,33)(H,30,34). The number of carbonyl (C=O) groups excluding carboxylic acids is 2. The molecule has 0 saturated carbocycles. The SMILES string of the molecule is CCOc1ccc(NC(=O)N2CCCC(c3cccc(C(=O)NCCc4c(C)noc4C)c3)C2)cc1. The van der Waals surface area contributed by atoms with E-state index in [2.05, 4.69) is 15.8 Å². The van der Waals surface area contributed by atoms with E-state index >= 15 is 0 Å². The Morgan fingerprint density at radius 3 is 2.69 bits per heavy atom. The molecule has 0 aliphatic carbocycles. The lowest BCUT2D eigenvalue weighted by atomic mass is 9.89. The molecular formula is C28H34N4O4. The maximum Gasteiger partial charge on any atom is 0.321 e. The number of hydrogen-bond acceptors (Lipinski definition) is 5. The molecule has 8 heteroatoms. The number of carbonyl (C=O) groups is 2. The van der Waals surface area contributed by atoms with Crippen molar-refractivity contribution in [1.82, 2.24) is 15.4 Å². The van der Waals surface area contributed by atoms with Gasteiger partial charge in [-0.25, -0.2) is 4.79 Å². The molecule has 36 heavy (non-hydrogen) atoms. The van der Waals surface area contributed by atoms with Crippen LogP contribution >= 0.6 is 0 Å². The summed E-state index contributed by atoms with van der Waals surface area (Å²) >= 11 is 0. The second-order valence-corrected chi connectivity index (χ2v) is 9.11. The van der Waals surface area contributed by atoms with Crippen molar-refractivity contribution in [3.63, 3.8) is 0 Å². The summed E-state index contributed by atoms with van der Waals surface area (Å²) in [6.07, 6.45) is 2.56. The van der Waals surface area contributed by atoms with E-state index in [-0.39, 0.29) is 17.9 Å². The molecule has 190 valence electrons. The van der Waals surface area contributed by atoms with Crippen molar-refractivity contribution in [2.75, 3.05) is 31.6 Å². The number of piperidine rings is 1.